The van der Waals surface area contributed by atoms with E-state index in [2.05, 4.69) is 13.8 Å². The van der Waals surface area contributed by atoms with E-state index in [1.54, 1.807) is 6.07 Å². The number of hydrogen-bond donors (Lipinski definition) is 3. The molecule has 4 aliphatic rings. The van der Waals surface area contributed by atoms with Crippen LogP contribution in [0.3, 0.4) is 0 Å². The molecule has 4 saturated carbocycles. The Morgan fingerprint density at radius 1 is 1.12 bits per heavy atom. The summed E-state index contributed by atoms with van der Waals surface area (Å²) in [5.41, 5.74) is -1.23. The van der Waals surface area contributed by atoms with Gasteiger partial charge in [-0.05, 0) is 92.1 Å². The van der Waals surface area contributed by atoms with Crippen LogP contribution in [0.4, 0.5) is 0 Å². The molecule has 9 heteroatoms. The molecule has 0 radical (unpaired) electrons. The fraction of sp³-hybridized carbons (Fsp3) is 0.792. The summed E-state index contributed by atoms with van der Waals surface area (Å²) in [5.74, 6) is -0.00458. The molecular formula is C24H34O8S. The highest BCUT2D eigenvalue weighted by molar-refractivity contribution is 7.80. The third kappa shape index (κ3) is 3.54. The highest BCUT2D eigenvalue weighted by Gasteiger charge is 2.69. The van der Waals surface area contributed by atoms with Crippen molar-refractivity contribution in [2.75, 3.05) is 0 Å². The second-order valence-corrected chi connectivity index (χ2v) is 12.5. The standard InChI is InChI=1S/C24H34O8S/c1-22-9-7-16(32-33(28,29)30)11-15(22)4-5-18-21(22)19(25)12-23(2)17(8-10-24(18,23)27)14-3-6-20(26)31-13-14/h3,6,13,15-19,21,25,27H,4-5,7-12H2,1-2H3,(H,28,29,30). The van der Waals surface area contributed by atoms with E-state index < -0.39 is 39.2 Å². The van der Waals surface area contributed by atoms with Crippen LogP contribution < -0.4 is 5.63 Å². The maximum Gasteiger partial charge on any atom is 0.397 e. The lowest BCUT2D eigenvalue weighted by Gasteiger charge is -2.65. The zero-order valence-corrected chi connectivity index (χ0v) is 20.0. The van der Waals surface area contributed by atoms with Crippen LogP contribution in [-0.2, 0) is 14.6 Å². The fourth-order valence-electron chi connectivity index (χ4n) is 8.65. The molecule has 9 unspecified atom stereocenters. The summed E-state index contributed by atoms with van der Waals surface area (Å²) in [6.07, 6.45) is 5.47. The third-order valence-electron chi connectivity index (χ3n) is 10.1. The first-order valence-electron chi connectivity index (χ1n) is 12.0. The van der Waals surface area contributed by atoms with E-state index in [-0.39, 0.29) is 29.1 Å². The third-order valence-corrected chi connectivity index (χ3v) is 10.6. The van der Waals surface area contributed by atoms with E-state index >= 15 is 0 Å². The molecule has 8 nitrogen and oxygen atoms in total. The van der Waals surface area contributed by atoms with Crippen molar-refractivity contribution in [2.45, 2.75) is 88.9 Å². The first-order valence-corrected chi connectivity index (χ1v) is 13.4. The van der Waals surface area contributed by atoms with Crippen LogP contribution in [0.5, 0.6) is 0 Å². The van der Waals surface area contributed by atoms with Gasteiger partial charge < -0.3 is 14.6 Å². The summed E-state index contributed by atoms with van der Waals surface area (Å²) in [4.78, 5) is 11.5. The van der Waals surface area contributed by atoms with E-state index in [0.717, 1.165) is 24.8 Å². The number of aliphatic hydroxyl groups excluding tert-OH is 1. The van der Waals surface area contributed by atoms with Gasteiger partial charge in [0.05, 0.1) is 24.1 Å². The van der Waals surface area contributed by atoms with Crippen molar-refractivity contribution in [2.24, 2.45) is 28.6 Å². The number of rotatable bonds is 3. The molecule has 0 aromatic carbocycles. The molecule has 0 saturated heterocycles. The summed E-state index contributed by atoms with van der Waals surface area (Å²) in [6, 6.07) is 3.19. The zero-order valence-electron chi connectivity index (χ0n) is 19.1. The minimum Gasteiger partial charge on any atom is -0.431 e. The Balaban J connectivity index is 1.44. The molecular weight excluding hydrogens is 448 g/mol. The van der Waals surface area contributed by atoms with Crippen molar-refractivity contribution in [3.63, 3.8) is 0 Å². The Morgan fingerprint density at radius 2 is 1.88 bits per heavy atom. The predicted molar refractivity (Wildman–Crippen MR) is 119 cm³/mol. The Hall–Kier alpha value is -1.26. The van der Waals surface area contributed by atoms with Gasteiger partial charge in [0.2, 0.25) is 0 Å². The predicted octanol–water partition coefficient (Wildman–Crippen LogP) is 3.04. The first kappa shape index (κ1) is 23.5. The molecule has 1 aromatic rings. The second kappa shape index (κ2) is 7.62. The van der Waals surface area contributed by atoms with E-state index in [0.29, 0.717) is 32.1 Å². The lowest BCUT2D eigenvalue weighted by atomic mass is 9.42. The van der Waals surface area contributed by atoms with Gasteiger partial charge in [-0.15, -0.1) is 0 Å². The van der Waals surface area contributed by atoms with Crippen molar-refractivity contribution < 1.29 is 31.8 Å². The van der Waals surface area contributed by atoms with Gasteiger partial charge in [-0.1, -0.05) is 13.8 Å². The average Bonchev–Trinajstić information content (AvgIpc) is 2.99. The zero-order chi connectivity index (χ0) is 23.8. The molecule has 184 valence electrons. The monoisotopic (exact) mass is 482 g/mol. The van der Waals surface area contributed by atoms with Gasteiger partial charge >= 0.3 is 16.0 Å². The molecule has 9 atom stereocenters. The van der Waals surface area contributed by atoms with Gasteiger partial charge in [-0.3, -0.25) is 4.55 Å². The second-order valence-electron chi connectivity index (χ2n) is 11.4. The van der Waals surface area contributed by atoms with Crippen LogP contribution in [0.25, 0.3) is 0 Å². The maximum absolute atomic E-state index is 12.2. The Labute approximate surface area is 194 Å². The summed E-state index contributed by atoms with van der Waals surface area (Å²) in [7, 11) is -4.50. The summed E-state index contributed by atoms with van der Waals surface area (Å²) < 4.78 is 41.6. The van der Waals surface area contributed by atoms with Crippen LogP contribution in [0.1, 0.15) is 76.7 Å². The molecule has 5 rings (SSSR count). The average molecular weight is 483 g/mol. The molecule has 0 amide bonds. The molecule has 1 aromatic heterocycles. The highest BCUT2D eigenvalue weighted by Crippen LogP contribution is 2.70. The number of fused-ring (bicyclic) bond motifs is 5. The SMILES string of the molecule is CC12CCC(OS(=O)(=O)O)CC1CCC1C2C(O)CC2(C)C(c3ccc(=O)oc3)CCC12O. The normalized spacial score (nSPS) is 47.4. The van der Waals surface area contributed by atoms with Crippen LogP contribution in [0.15, 0.2) is 27.6 Å². The van der Waals surface area contributed by atoms with Gasteiger partial charge in [-0.2, -0.15) is 8.42 Å². The van der Waals surface area contributed by atoms with Gasteiger partial charge in [0.15, 0.2) is 0 Å². The van der Waals surface area contributed by atoms with E-state index in [9.17, 15) is 23.4 Å². The van der Waals surface area contributed by atoms with Gasteiger partial charge in [0, 0.05) is 11.5 Å². The Kier molecular flexibility index (Phi) is 5.42. The number of hydrogen-bond acceptors (Lipinski definition) is 7. The van der Waals surface area contributed by atoms with Crippen LogP contribution in [0, 0.1) is 28.6 Å². The molecule has 0 spiro atoms. The largest absolute Gasteiger partial charge is 0.431 e. The van der Waals surface area contributed by atoms with Crippen LogP contribution >= 0.6 is 0 Å². The van der Waals surface area contributed by atoms with Crippen molar-refractivity contribution in [3.8, 4) is 0 Å². The molecule has 4 aliphatic carbocycles. The van der Waals surface area contributed by atoms with Crippen molar-refractivity contribution in [3.05, 3.63) is 34.4 Å². The molecule has 0 aliphatic heterocycles. The van der Waals surface area contributed by atoms with Crippen molar-refractivity contribution >= 4 is 10.4 Å². The topological polar surface area (TPSA) is 134 Å². The quantitative estimate of drug-likeness (QED) is 0.560. The minimum absolute atomic E-state index is 0.00752. The molecule has 4 fully saturated rings. The molecule has 0 bridgehead atoms. The Morgan fingerprint density at radius 3 is 2.55 bits per heavy atom. The first-order chi connectivity index (χ1) is 15.4. The summed E-state index contributed by atoms with van der Waals surface area (Å²) in [6.45, 7) is 4.24. The minimum atomic E-state index is -4.50. The van der Waals surface area contributed by atoms with Crippen molar-refractivity contribution in [1.29, 1.82) is 0 Å². The lowest BCUT2D eigenvalue weighted by Crippen LogP contribution is -2.66. The molecule has 3 N–H and O–H groups in total. The molecule has 33 heavy (non-hydrogen) atoms. The number of aliphatic hydroxyl groups is 2. The summed E-state index contributed by atoms with van der Waals surface area (Å²) >= 11 is 0. The van der Waals surface area contributed by atoms with Crippen LogP contribution in [-0.4, -0.2) is 41.0 Å². The van der Waals surface area contributed by atoms with Crippen molar-refractivity contribution in [1.82, 2.24) is 0 Å². The maximum atomic E-state index is 12.2. The van der Waals surface area contributed by atoms with Crippen LogP contribution in [0.2, 0.25) is 0 Å². The van der Waals surface area contributed by atoms with E-state index in [1.165, 1.54) is 12.3 Å². The van der Waals surface area contributed by atoms with E-state index in [1.807, 2.05) is 0 Å². The van der Waals surface area contributed by atoms with Gasteiger partial charge in [-0.25, -0.2) is 8.98 Å². The van der Waals surface area contributed by atoms with E-state index in [4.69, 9.17) is 13.2 Å². The Bertz CT molecular complexity index is 1060. The molecule has 1 heterocycles. The smallest absolute Gasteiger partial charge is 0.397 e. The highest BCUT2D eigenvalue weighted by atomic mass is 32.3. The van der Waals surface area contributed by atoms with Gasteiger partial charge in [0.1, 0.15) is 0 Å². The lowest BCUT2D eigenvalue weighted by molar-refractivity contribution is -0.239. The fourth-order valence-corrected chi connectivity index (χ4v) is 9.17. The summed E-state index contributed by atoms with van der Waals surface area (Å²) in [5, 5.41) is 23.8. The van der Waals surface area contributed by atoms with Gasteiger partial charge in [0.25, 0.3) is 0 Å².